The van der Waals surface area contributed by atoms with Gasteiger partial charge in [-0.1, -0.05) is 48.5 Å². The Hall–Kier alpha value is -4.60. The molecule has 0 saturated carbocycles. The molecule has 0 N–H and O–H groups in total. The fraction of sp³-hybridized carbons (Fsp3) is 0.474. The first-order chi connectivity index (χ1) is 22.6. The Morgan fingerprint density at radius 1 is 0.542 bits per heavy atom. The average Bonchev–Trinajstić information content (AvgIpc) is 3.01. The van der Waals surface area contributed by atoms with Crippen LogP contribution in [0.1, 0.15) is 89.5 Å². The van der Waals surface area contributed by atoms with Gasteiger partial charge >= 0.3 is 24.1 Å². The van der Waals surface area contributed by atoms with E-state index in [0.29, 0.717) is 25.7 Å². The minimum Gasteiger partial charge on any atom is -0.464 e. The zero-order valence-electron chi connectivity index (χ0n) is 29.6. The molecule has 6 rings (SSSR count). The number of nitrogens with zero attached hydrogens (tertiary/aromatic N) is 2. The molecule has 48 heavy (non-hydrogen) atoms. The van der Waals surface area contributed by atoms with Gasteiger partial charge in [0, 0.05) is 13.1 Å². The fourth-order valence-electron chi connectivity index (χ4n) is 5.03. The van der Waals surface area contributed by atoms with Crippen molar-refractivity contribution in [3.63, 3.8) is 0 Å². The fourth-order valence-corrected chi connectivity index (χ4v) is 5.03. The molecule has 0 radical (unpaired) electrons. The van der Waals surface area contributed by atoms with E-state index >= 15 is 0 Å². The van der Waals surface area contributed by atoms with Crippen molar-refractivity contribution in [2.75, 3.05) is 27.3 Å². The molecule has 4 heterocycles. The SMILES string of the molecule is COC(=O)/C1=C/c2ccc(cc2)CCCCN(C(=O)OC(C)(C)C)/C(C(=O)OC)=C\c2ccc(cc2)CCCCN1C(=O)OC(C)(C)C. The van der Waals surface area contributed by atoms with Crippen molar-refractivity contribution >= 4 is 36.3 Å². The molecule has 0 aromatic heterocycles. The van der Waals surface area contributed by atoms with Crippen LogP contribution in [0.25, 0.3) is 12.2 Å². The van der Waals surface area contributed by atoms with Gasteiger partial charge in [-0.15, -0.1) is 0 Å². The molecule has 260 valence electrons. The number of amides is 2. The molecule has 10 nitrogen and oxygen atoms in total. The van der Waals surface area contributed by atoms with E-state index in [9.17, 15) is 19.2 Å². The predicted molar refractivity (Wildman–Crippen MR) is 185 cm³/mol. The zero-order valence-corrected chi connectivity index (χ0v) is 29.6. The largest absolute Gasteiger partial charge is 0.464 e. The first-order valence-electron chi connectivity index (χ1n) is 16.4. The molecular formula is C38H50N2O8. The maximum atomic E-state index is 13.4. The van der Waals surface area contributed by atoms with E-state index < -0.39 is 35.3 Å². The van der Waals surface area contributed by atoms with E-state index in [1.807, 2.05) is 48.5 Å². The molecule has 0 fully saturated rings. The number of methoxy groups -OCH3 is 2. The van der Waals surface area contributed by atoms with E-state index in [0.717, 1.165) is 35.1 Å². The number of benzene rings is 2. The Labute approximate surface area is 284 Å². The van der Waals surface area contributed by atoms with Crippen LogP contribution in [0.5, 0.6) is 0 Å². The highest BCUT2D eigenvalue weighted by molar-refractivity contribution is 5.97. The van der Waals surface area contributed by atoms with E-state index in [-0.39, 0.29) is 24.5 Å². The third-order valence-corrected chi connectivity index (χ3v) is 7.36. The highest BCUT2D eigenvalue weighted by Gasteiger charge is 2.30. The Morgan fingerprint density at radius 3 is 1.17 bits per heavy atom. The molecule has 2 amide bonds. The maximum absolute atomic E-state index is 13.4. The maximum Gasteiger partial charge on any atom is 0.415 e. The first kappa shape index (κ1) is 37.9. The first-order valence-corrected chi connectivity index (χ1v) is 16.4. The Kier molecular flexibility index (Phi) is 13.4. The standard InChI is InChI=1S/C38H50N2O8/c1-37(2,3)47-35(43)39-23-11-9-13-27-17-21-30(22-18-27)26-32(34(42)46-8)40(36(44)48-38(4,5)6)24-12-10-14-28-15-19-29(20-16-28)25-31(39)33(41)45-7/h15-22,25-26H,9-14,23-24H2,1-8H3/b31-25-,32-26-. The molecule has 0 saturated heterocycles. The number of aryl methyl sites for hydroxylation is 2. The second kappa shape index (κ2) is 17.0. The molecule has 4 bridgehead atoms. The molecule has 4 aliphatic rings. The molecule has 0 aliphatic carbocycles. The highest BCUT2D eigenvalue weighted by Crippen LogP contribution is 2.23. The summed E-state index contributed by atoms with van der Waals surface area (Å²) >= 11 is 0. The van der Waals surface area contributed by atoms with E-state index in [1.54, 1.807) is 53.7 Å². The second-order valence-corrected chi connectivity index (χ2v) is 13.7. The molecule has 0 spiro atoms. The summed E-state index contributed by atoms with van der Waals surface area (Å²) in [5.74, 6) is -1.27. The number of carbonyl (C=O) groups excluding carboxylic acids is 4. The number of esters is 2. The van der Waals surface area contributed by atoms with Gasteiger partial charge in [-0.25, -0.2) is 19.2 Å². The summed E-state index contributed by atoms with van der Waals surface area (Å²) in [5.41, 5.74) is 2.22. The van der Waals surface area contributed by atoms with Gasteiger partial charge in [0.1, 0.15) is 22.6 Å². The Bertz CT molecular complexity index is 1370. The Morgan fingerprint density at radius 2 is 0.875 bits per heavy atom. The lowest BCUT2D eigenvalue weighted by atomic mass is 10.0. The van der Waals surface area contributed by atoms with Gasteiger partial charge in [0.2, 0.25) is 0 Å². The Balaban J connectivity index is 2.01. The van der Waals surface area contributed by atoms with Crippen LogP contribution >= 0.6 is 0 Å². The molecule has 2 aromatic rings. The third kappa shape index (κ3) is 11.9. The summed E-state index contributed by atoms with van der Waals surface area (Å²) in [6.07, 6.45) is 6.07. The van der Waals surface area contributed by atoms with Crippen molar-refractivity contribution in [3.8, 4) is 0 Å². The van der Waals surface area contributed by atoms with Gasteiger partial charge in [0.05, 0.1) is 14.2 Å². The normalized spacial score (nSPS) is 17.5. The smallest absolute Gasteiger partial charge is 0.415 e. The van der Waals surface area contributed by atoms with Gasteiger partial charge in [-0.05, 0) is 114 Å². The lowest BCUT2D eigenvalue weighted by Gasteiger charge is -2.28. The number of rotatable bonds is 2. The van der Waals surface area contributed by atoms with Crippen LogP contribution in [0.15, 0.2) is 59.9 Å². The average molecular weight is 663 g/mol. The third-order valence-electron chi connectivity index (χ3n) is 7.36. The van der Waals surface area contributed by atoms with E-state index in [4.69, 9.17) is 18.9 Å². The molecule has 4 aliphatic heterocycles. The van der Waals surface area contributed by atoms with Crippen LogP contribution in [0.2, 0.25) is 0 Å². The van der Waals surface area contributed by atoms with Crippen LogP contribution in [0.3, 0.4) is 0 Å². The summed E-state index contributed by atoms with van der Waals surface area (Å²) < 4.78 is 21.5. The number of hydrogen-bond donors (Lipinski definition) is 0. The quantitative estimate of drug-likeness (QED) is 0.240. The van der Waals surface area contributed by atoms with Gasteiger partial charge in [-0.3, -0.25) is 9.80 Å². The topological polar surface area (TPSA) is 112 Å². The van der Waals surface area contributed by atoms with Crippen LogP contribution in [0.4, 0.5) is 9.59 Å². The minimum absolute atomic E-state index is 0.0985. The van der Waals surface area contributed by atoms with Crippen LogP contribution in [-0.4, -0.2) is 72.4 Å². The summed E-state index contributed by atoms with van der Waals surface area (Å²) in [5, 5.41) is 0. The predicted octanol–water partition coefficient (Wildman–Crippen LogP) is 7.55. The van der Waals surface area contributed by atoms with Crippen molar-refractivity contribution in [1.82, 2.24) is 9.80 Å². The summed E-state index contributed by atoms with van der Waals surface area (Å²) in [6.45, 7) is 11.2. The van der Waals surface area contributed by atoms with Crippen molar-refractivity contribution in [1.29, 1.82) is 0 Å². The van der Waals surface area contributed by atoms with Crippen molar-refractivity contribution in [2.24, 2.45) is 0 Å². The molecule has 0 atom stereocenters. The number of carbonyl (C=O) groups is 4. The van der Waals surface area contributed by atoms with Crippen LogP contribution in [0, 0.1) is 0 Å². The molecule has 0 unspecified atom stereocenters. The summed E-state index contributed by atoms with van der Waals surface area (Å²) in [4.78, 5) is 55.5. The lowest BCUT2D eigenvalue weighted by Crippen LogP contribution is -2.39. The lowest BCUT2D eigenvalue weighted by molar-refractivity contribution is -0.138. The van der Waals surface area contributed by atoms with Crippen LogP contribution in [-0.2, 0) is 41.4 Å². The molecule has 2 aromatic carbocycles. The van der Waals surface area contributed by atoms with Crippen molar-refractivity contribution in [3.05, 3.63) is 82.2 Å². The van der Waals surface area contributed by atoms with Gasteiger partial charge < -0.3 is 18.9 Å². The van der Waals surface area contributed by atoms with Gasteiger partial charge in [-0.2, -0.15) is 0 Å². The van der Waals surface area contributed by atoms with Gasteiger partial charge in [0.15, 0.2) is 0 Å². The second-order valence-electron chi connectivity index (χ2n) is 13.7. The number of hydrogen-bond acceptors (Lipinski definition) is 8. The zero-order chi connectivity index (χ0) is 35.5. The number of ether oxygens (including phenoxy) is 4. The van der Waals surface area contributed by atoms with Crippen molar-refractivity contribution in [2.45, 2.75) is 91.3 Å². The van der Waals surface area contributed by atoms with E-state index in [2.05, 4.69) is 0 Å². The van der Waals surface area contributed by atoms with Crippen LogP contribution < -0.4 is 0 Å². The molecule has 10 heteroatoms. The van der Waals surface area contributed by atoms with Crippen molar-refractivity contribution < 1.29 is 38.1 Å². The molecular weight excluding hydrogens is 612 g/mol. The summed E-state index contributed by atoms with van der Waals surface area (Å²) in [7, 11) is 2.58. The van der Waals surface area contributed by atoms with E-state index in [1.165, 1.54) is 24.0 Å². The summed E-state index contributed by atoms with van der Waals surface area (Å²) in [6, 6.07) is 15.4. The van der Waals surface area contributed by atoms with Gasteiger partial charge in [0.25, 0.3) is 0 Å². The highest BCUT2D eigenvalue weighted by atomic mass is 16.6. The minimum atomic E-state index is -0.755. The monoisotopic (exact) mass is 662 g/mol.